The Bertz CT molecular complexity index is 952. The second-order valence-electron chi connectivity index (χ2n) is 9.16. The average molecular weight is 534 g/mol. The predicted octanol–water partition coefficient (Wildman–Crippen LogP) is 3.43. The molecular formula is C27H39N3O6S. The van der Waals surface area contributed by atoms with Crippen LogP contribution in [0.4, 0.5) is 4.79 Å². The molecule has 1 aromatic carbocycles. The van der Waals surface area contributed by atoms with Gasteiger partial charge in [-0.05, 0) is 63.7 Å². The first-order valence-electron chi connectivity index (χ1n) is 12.3. The lowest BCUT2D eigenvalue weighted by Gasteiger charge is -2.30. The highest BCUT2D eigenvalue weighted by Crippen LogP contribution is 2.23. The van der Waals surface area contributed by atoms with Gasteiger partial charge in [0.05, 0.1) is 13.0 Å². The quantitative estimate of drug-likeness (QED) is 0.227. The van der Waals surface area contributed by atoms with E-state index in [0.29, 0.717) is 11.3 Å². The number of benzene rings is 1. The van der Waals surface area contributed by atoms with Gasteiger partial charge in [0.15, 0.2) is 0 Å². The summed E-state index contributed by atoms with van der Waals surface area (Å²) in [5.74, 6) is -1.06. The van der Waals surface area contributed by atoms with Crippen molar-refractivity contribution in [2.45, 2.75) is 71.6 Å². The summed E-state index contributed by atoms with van der Waals surface area (Å²) in [7, 11) is 0. The molecule has 2 N–H and O–H groups in total. The molecule has 0 fully saturated rings. The van der Waals surface area contributed by atoms with Gasteiger partial charge in [-0.25, -0.2) is 4.79 Å². The summed E-state index contributed by atoms with van der Waals surface area (Å²) in [5, 5.41) is 5.28. The van der Waals surface area contributed by atoms with Crippen LogP contribution >= 0.6 is 11.8 Å². The molecule has 9 nitrogen and oxygen atoms in total. The molecule has 1 rings (SSSR count). The second kappa shape index (κ2) is 15.8. The van der Waals surface area contributed by atoms with Gasteiger partial charge in [0.25, 0.3) is 5.91 Å². The number of thioether (sulfide) groups is 1. The maximum absolute atomic E-state index is 13.6. The molecule has 10 heteroatoms. The van der Waals surface area contributed by atoms with Crippen molar-refractivity contribution in [3.63, 3.8) is 0 Å². The second-order valence-corrected chi connectivity index (χ2v) is 10.1. The average Bonchev–Trinajstić information content (AvgIpc) is 2.83. The lowest BCUT2D eigenvalue weighted by molar-refractivity contribution is -0.143. The van der Waals surface area contributed by atoms with Crippen LogP contribution in [-0.2, 0) is 30.3 Å². The SMILES string of the molecule is C#CN(C(=O)C(CCSC)NC(=O)OC(C)(C)C)C(C(=O)NCCC(=O)OCC)c1ccc(CC)cc1. The molecule has 2 unspecified atom stereocenters. The van der Waals surface area contributed by atoms with E-state index in [-0.39, 0.29) is 26.0 Å². The number of carbonyl (C=O) groups excluding carboxylic acids is 4. The molecule has 0 bridgehead atoms. The fourth-order valence-electron chi connectivity index (χ4n) is 3.35. The Labute approximate surface area is 224 Å². The number of nitrogens with zero attached hydrogens (tertiary/aromatic N) is 1. The third-order valence-corrected chi connectivity index (χ3v) is 5.76. The number of aryl methyl sites for hydroxylation is 1. The van der Waals surface area contributed by atoms with E-state index in [2.05, 4.69) is 16.7 Å². The van der Waals surface area contributed by atoms with E-state index in [1.54, 1.807) is 39.8 Å². The Kier molecular flexibility index (Phi) is 13.6. The summed E-state index contributed by atoms with van der Waals surface area (Å²) in [4.78, 5) is 52.1. The van der Waals surface area contributed by atoms with Gasteiger partial charge in [-0.3, -0.25) is 19.3 Å². The molecule has 0 spiro atoms. The van der Waals surface area contributed by atoms with Crippen LogP contribution in [0.3, 0.4) is 0 Å². The molecule has 0 saturated carbocycles. The van der Waals surface area contributed by atoms with E-state index in [4.69, 9.17) is 15.9 Å². The zero-order chi connectivity index (χ0) is 28.0. The van der Waals surface area contributed by atoms with Crippen LogP contribution in [0, 0.1) is 12.5 Å². The Balaban J connectivity index is 3.28. The minimum atomic E-state index is -1.18. The molecule has 1 aromatic rings. The van der Waals surface area contributed by atoms with Gasteiger partial charge in [0, 0.05) is 12.6 Å². The normalized spacial score (nSPS) is 12.5. The van der Waals surface area contributed by atoms with Crippen molar-refractivity contribution in [2.24, 2.45) is 0 Å². The molecule has 37 heavy (non-hydrogen) atoms. The largest absolute Gasteiger partial charge is 0.466 e. The molecule has 0 aliphatic heterocycles. The molecule has 0 aliphatic rings. The van der Waals surface area contributed by atoms with Crippen LogP contribution in [0.5, 0.6) is 0 Å². The number of hydrogen-bond acceptors (Lipinski definition) is 7. The monoisotopic (exact) mass is 533 g/mol. The molecule has 0 saturated heterocycles. The highest BCUT2D eigenvalue weighted by atomic mass is 32.2. The number of nitrogens with one attached hydrogen (secondary N) is 2. The Hall–Kier alpha value is -3.19. The van der Waals surface area contributed by atoms with Gasteiger partial charge >= 0.3 is 12.1 Å². The fraction of sp³-hybridized carbons (Fsp3) is 0.556. The van der Waals surface area contributed by atoms with Gasteiger partial charge in [0.2, 0.25) is 5.91 Å². The Morgan fingerprint density at radius 1 is 1.14 bits per heavy atom. The lowest BCUT2D eigenvalue weighted by Crippen LogP contribution is -2.51. The molecular weight excluding hydrogens is 494 g/mol. The predicted molar refractivity (Wildman–Crippen MR) is 145 cm³/mol. The smallest absolute Gasteiger partial charge is 0.408 e. The van der Waals surface area contributed by atoms with E-state index in [9.17, 15) is 19.2 Å². The maximum Gasteiger partial charge on any atom is 0.408 e. The van der Waals surface area contributed by atoms with Crippen LogP contribution in [0.2, 0.25) is 0 Å². The first-order chi connectivity index (χ1) is 17.5. The van der Waals surface area contributed by atoms with E-state index in [1.807, 2.05) is 25.3 Å². The van der Waals surface area contributed by atoms with Gasteiger partial charge < -0.3 is 20.1 Å². The summed E-state index contributed by atoms with van der Waals surface area (Å²) in [6.07, 6.45) is 7.95. The number of ether oxygens (including phenoxy) is 2. The molecule has 2 atom stereocenters. The highest BCUT2D eigenvalue weighted by molar-refractivity contribution is 7.98. The Morgan fingerprint density at radius 3 is 2.30 bits per heavy atom. The van der Waals surface area contributed by atoms with Crippen molar-refractivity contribution < 1.29 is 28.7 Å². The van der Waals surface area contributed by atoms with Crippen molar-refractivity contribution in [3.05, 3.63) is 35.4 Å². The molecule has 3 amide bonds. The first kappa shape index (κ1) is 31.8. The number of rotatable bonds is 13. The van der Waals surface area contributed by atoms with Crippen molar-refractivity contribution in [3.8, 4) is 12.5 Å². The van der Waals surface area contributed by atoms with Crippen molar-refractivity contribution in [2.75, 3.05) is 25.2 Å². The van der Waals surface area contributed by atoms with Crippen LogP contribution in [0.1, 0.15) is 64.6 Å². The van der Waals surface area contributed by atoms with Crippen LogP contribution < -0.4 is 10.6 Å². The zero-order valence-corrected chi connectivity index (χ0v) is 23.4. The van der Waals surface area contributed by atoms with E-state index >= 15 is 0 Å². The molecule has 0 aliphatic carbocycles. The maximum atomic E-state index is 13.6. The number of amides is 3. The fourth-order valence-corrected chi connectivity index (χ4v) is 3.82. The highest BCUT2D eigenvalue weighted by Gasteiger charge is 2.35. The third kappa shape index (κ3) is 11.2. The van der Waals surface area contributed by atoms with Gasteiger partial charge in [-0.1, -0.05) is 37.6 Å². The van der Waals surface area contributed by atoms with E-state index < -0.39 is 41.6 Å². The molecule has 0 radical (unpaired) electrons. The van der Waals surface area contributed by atoms with Crippen molar-refractivity contribution >= 4 is 35.6 Å². The zero-order valence-electron chi connectivity index (χ0n) is 22.6. The Morgan fingerprint density at radius 2 is 1.78 bits per heavy atom. The number of carbonyl (C=O) groups is 4. The van der Waals surface area contributed by atoms with E-state index in [1.165, 1.54) is 11.8 Å². The summed E-state index contributed by atoms with van der Waals surface area (Å²) < 4.78 is 10.2. The first-order valence-corrected chi connectivity index (χ1v) is 13.7. The summed E-state index contributed by atoms with van der Waals surface area (Å²) >= 11 is 1.50. The standard InChI is InChI=1S/C27H39N3O6S/c1-8-19-11-13-20(14-12-19)23(24(32)28-17-15-22(31)35-10-3)30(9-2)25(33)21(16-18-37-7)29-26(34)36-27(4,5)6/h2,11-14,21,23H,8,10,15-18H2,1,3-7H3,(H,28,32)(H,29,34). The summed E-state index contributed by atoms with van der Waals surface area (Å²) in [5.41, 5.74) is 0.789. The van der Waals surface area contributed by atoms with E-state index in [0.717, 1.165) is 16.9 Å². The number of esters is 1. The van der Waals surface area contributed by atoms with Gasteiger partial charge in [-0.15, -0.1) is 0 Å². The minimum Gasteiger partial charge on any atom is -0.466 e. The third-order valence-electron chi connectivity index (χ3n) is 5.12. The molecule has 0 heterocycles. The number of hydrogen-bond donors (Lipinski definition) is 2. The van der Waals surface area contributed by atoms with Gasteiger partial charge in [-0.2, -0.15) is 11.8 Å². The van der Waals surface area contributed by atoms with Crippen molar-refractivity contribution in [1.82, 2.24) is 15.5 Å². The number of terminal acetylenes is 1. The topological polar surface area (TPSA) is 114 Å². The van der Waals surface area contributed by atoms with Crippen LogP contribution in [0.25, 0.3) is 0 Å². The molecule has 0 aromatic heterocycles. The van der Waals surface area contributed by atoms with Crippen LogP contribution in [-0.4, -0.2) is 65.6 Å². The molecule has 204 valence electrons. The van der Waals surface area contributed by atoms with Gasteiger partial charge in [0.1, 0.15) is 17.7 Å². The van der Waals surface area contributed by atoms with Crippen LogP contribution in [0.15, 0.2) is 24.3 Å². The number of alkyl carbamates (subject to hydrolysis) is 1. The summed E-state index contributed by atoms with van der Waals surface area (Å²) in [6, 6.07) is 7.35. The van der Waals surface area contributed by atoms with Crippen molar-refractivity contribution in [1.29, 1.82) is 0 Å². The lowest BCUT2D eigenvalue weighted by atomic mass is 10.0. The minimum absolute atomic E-state index is 0.0138. The summed E-state index contributed by atoms with van der Waals surface area (Å²) in [6.45, 7) is 9.10.